The van der Waals surface area contributed by atoms with Gasteiger partial charge in [-0.25, -0.2) is 9.82 Å². The van der Waals surface area contributed by atoms with Crippen LogP contribution in [0, 0.1) is 5.82 Å². The van der Waals surface area contributed by atoms with E-state index >= 15 is 0 Å². The maximum atomic E-state index is 13.0. The zero-order valence-corrected chi connectivity index (χ0v) is 17.0. The summed E-state index contributed by atoms with van der Waals surface area (Å²) in [6.07, 6.45) is 2.14. The van der Waals surface area contributed by atoms with Crippen molar-refractivity contribution in [2.24, 2.45) is 5.10 Å². The lowest BCUT2D eigenvalue weighted by molar-refractivity contribution is -0.136. The molecule has 0 aliphatic rings. The number of carbonyl (C=O) groups excluding carboxylic acids is 2. The van der Waals surface area contributed by atoms with Gasteiger partial charge in [-0.15, -0.1) is 0 Å². The molecule has 0 heterocycles. The molecule has 0 aromatic heterocycles. The number of halogens is 1. The Morgan fingerprint density at radius 2 is 1.77 bits per heavy atom. The number of amides is 2. The van der Waals surface area contributed by atoms with Crippen LogP contribution in [0.25, 0.3) is 0 Å². The van der Waals surface area contributed by atoms with Crippen molar-refractivity contribution in [3.63, 3.8) is 0 Å². The lowest BCUT2D eigenvalue weighted by atomic mass is 10.1. The van der Waals surface area contributed by atoms with Crippen LogP contribution in [0.5, 0.6) is 5.75 Å². The van der Waals surface area contributed by atoms with Gasteiger partial charge in [0.15, 0.2) is 0 Å². The van der Waals surface area contributed by atoms with Crippen LogP contribution >= 0.6 is 0 Å². The highest BCUT2D eigenvalue weighted by Crippen LogP contribution is 2.16. The van der Waals surface area contributed by atoms with Crippen molar-refractivity contribution in [3.05, 3.63) is 95.3 Å². The highest BCUT2D eigenvalue weighted by Gasteiger charge is 2.14. The van der Waals surface area contributed by atoms with Crippen molar-refractivity contribution in [1.82, 2.24) is 5.43 Å². The third-order valence-electron chi connectivity index (χ3n) is 4.41. The van der Waals surface area contributed by atoms with Crippen LogP contribution in [0.15, 0.2) is 77.9 Å². The minimum absolute atomic E-state index is 0.289. The first kappa shape index (κ1) is 21.7. The summed E-state index contributed by atoms with van der Waals surface area (Å²) in [5, 5.41) is 6.42. The van der Waals surface area contributed by atoms with E-state index in [1.807, 2.05) is 19.1 Å². The summed E-state index contributed by atoms with van der Waals surface area (Å²) in [7, 11) is 0. The highest BCUT2D eigenvalue weighted by molar-refractivity contribution is 6.39. The van der Waals surface area contributed by atoms with Gasteiger partial charge in [-0.1, -0.05) is 49.4 Å². The molecule has 31 heavy (non-hydrogen) atoms. The molecule has 2 amide bonds. The van der Waals surface area contributed by atoms with E-state index in [4.69, 9.17) is 4.74 Å². The minimum atomic E-state index is -0.870. The zero-order chi connectivity index (χ0) is 22.1. The molecule has 0 aliphatic heterocycles. The number of para-hydroxylation sites is 1. The molecule has 3 rings (SSSR count). The van der Waals surface area contributed by atoms with E-state index in [-0.39, 0.29) is 12.4 Å². The van der Waals surface area contributed by atoms with Crippen molar-refractivity contribution in [3.8, 4) is 5.75 Å². The fourth-order valence-corrected chi connectivity index (χ4v) is 2.78. The Kier molecular flexibility index (Phi) is 7.48. The van der Waals surface area contributed by atoms with Crippen LogP contribution in [0.1, 0.15) is 23.6 Å². The fraction of sp³-hybridized carbons (Fsp3) is 0.125. The van der Waals surface area contributed by atoms with Gasteiger partial charge in [0.05, 0.1) is 6.21 Å². The number of hydrogen-bond acceptors (Lipinski definition) is 4. The van der Waals surface area contributed by atoms with Gasteiger partial charge in [0.25, 0.3) is 0 Å². The van der Waals surface area contributed by atoms with E-state index in [1.165, 1.54) is 18.3 Å². The molecule has 0 spiro atoms. The Morgan fingerprint density at radius 1 is 1.00 bits per heavy atom. The zero-order valence-electron chi connectivity index (χ0n) is 17.0. The maximum absolute atomic E-state index is 13.0. The molecular formula is C24H22FN3O3. The van der Waals surface area contributed by atoms with Gasteiger partial charge in [-0.05, 0) is 53.4 Å². The first-order chi connectivity index (χ1) is 15.0. The molecule has 158 valence electrons. The molecule has 7 heteroatoms. The number of aryl methyl sites for hydroxylation is 1. The molecule has 0 saturated heterocycles. The van der Waals surface area contributed by atoms with Crippen LogP contribution in [0.4, 0.5) is 10.1 Å². The lowest BCUT2D eigenvalue weighted by Crippen LogP contribution is -2.32. The summed E-state index contributed by atoms with van der Waals surface area (Å²) >= 11 is 0. The van der Waals surface area contributed by atoms with Crippen molar-refractivity contribution < 1.29 is 18.7 Å². The Balaban J connectivity index is 1.53. The normalized spacial score (nSPS) is 10.6. The van der Waals surface area contributed by atoms with E-state index in [1.54, 1.807) is 48.5 Å². The summed E-state index contributed by atoms with van der Waals surface area (Å²) in [6.45, 7) is 2.25. The molecule has 3 aromatic carbocycles. The standard InChI is InChI=1S/C24H22FN3O3/c1-2-19-7-3-4-9-22(19)27-23(29)24(30)28-26-15-18-6-5-8-21(14-18)31-16-17-10-12-20(25)13-11-17/h3-15H,2,16H2,1H3,(H,27,29)(H,28,30)/b26-15-. The molecular weight excluding hydrogens is 397 g/mol. The van der Waals surface area contributed by atoms with Gasteiger partial charge in [0.1, 0.15) is 18.2 Å². The first-order valence-corrected chi connectivity index (χ1v) is 9.74. The number of nitrogens with zero attached hydrogens (tertiary/aromatic N) is 1. The number of anilines is 1. The topological polar surface area (TPSA) is 79.8 Å². The van der Waals surface area contributed by atoms with Gasteiger partial charge >= 0.3 is 11.8 Å². The quantitative estimate of drug-likeness (QED) is 0.344. The summed E-state index contributed by atoms with van der Waals surface area (Å²) in [4.78, 5) is 24.1. The second-order valence-corrected chi connectivity index (χ2v) is 6.65. The van der Waals surface area contributed by atoms with Gasteiger partial charge in [0, 0.05) is 5.69 Å². The third kappa shape index (κ3) is 6.50. The third-order valence-corrected chi connectivity index (χ3v) is 4.41. The molecule has 0 radical (unpaired) electrons. The number of ether oxygens (including phenoxy) is 1. The average Bonchev–Trinajstić information content (AvgIpc) is 2.79. The van der Waals surface area contributed by atoms with E-state index in [2.05, 4.69) is 15.8 Å². The molecule has 6 nitrogen and oxygen atoms in total. The number of carbonyl (C=O) groups is 2. The van der Waals surface area contributed by atoms with Crippen molar-refractivity contribution >= 4 is 23.7 Å². The second-order valence-electron chi connectivity index (χ2n) is 6.65. The molecule has 0 bridgehead atoms. The molecule has 0 atom stereocenters. The van der Waals surface area contributed by atoms with E-state index in [0.717, 1.165) is 17.5 Å². The molecule has 2 N–H and O–H groups in total. The summed E-state index contributed by atoms with van der Waals surface area (Å²) < 4.78 is 18.7. The maximum Gasteiger partial charge on any atom is 0.329 e. The predicted molar refractivity (Wildman–Crippen MR) is 117 cm³/mol. The largest absolute Gasteiger partial charge is 0.489 e. The Morgan fingerprint density at radius 3 is 2.55 bits per heavy atom. The summed E-state index contributed by atoms with van der Waals surface area (Å²) in [6, 6.07) is 20.4. The summed E-state index contributed by atoms with van der Waals surface area (Å²) in [5.74, 6) is -1.37. The Bertz CT molecular complexity index is 1080. The second kappa shape index (κ2) is 10.7. The van der Waals surface area contributed by atoms with Crippen LogP contribution in [-0.4, -0.2) is 18.0 Å². The van der Waals surface area contributed by atoms with Gasteiger partial charge in [-0.3, -0.25) is 9.59 Å². The van der Waals surface area contributed by atoms with Crippen LogP contribution in [-0.2, 0) is 22.6 Å². The SMILES string of the molecule is CCc1ccccc1NC(=O)C(=O)N/N=C\c1cccc(OCc2ccc(F)cc2)c1. The fourth-order valence-electron chi connectivity index (χ4n) is 2.78. The minimum Gasteiger partial charge on any atom is -0.489 e. The molecule has 0 fully saturated rings. The van der Waals surface area contributed by atoms with Crippen LogP contribution < -0.4 is 15.5 Å². The number of hydrazone groups is 1. The van der Waals surface area contributed by atoms with Gasteiger partial charge in [-0.2, -0.15) is 5.10 Å². The average molecular weight is 419 g/mol. The lowest BCUT2D eigenvalue weighted by Gasteiger charge is -2.08. The summed E-state index contributed by atoms with van der Waals surface area (Å²) in [5.41, 5.74) is 5.26. The van der Waals surface area contributed by atoms with Crippen molar-refractivity contribution in [2.75, 3.05) is 5.32 Å². The van der Waals surface area contributed by atoms with Gasteiger partial charge < -0.3 is 10.1 Å². The predicted octanol–water partition coefficient (Wildman–Crippen LogP) is 4.06. The monoisotopic (exact) mass is 419 g/mol. The van der Waals surface area contributed by atoms with E-state index < -0.39 is 11.8 Å². The number of nitrogens with one attached hydrogen (secondary N) is 2. The van der Waals surface area contributed by atoms with E-state index in [9.17, 15) is 14.0 Å². The first-order valence-electron chi connectivity index (χ1n) is 9.74. The van der Waals surface area contributed by atoms with Crippen molar-refractivity contribution in [1.29, 1.82) is 0 Å². The van der Waals surface area contributed by atoms with Gasteiger partial charge in [0.2, 0.25) is 0 Å². The van der Waals surface area contributed by atoms with Crippen LogP contribution in [0.3, 0.4) is 0 Å². The molecule has 3 aromatic rings. The smallest absolute Gasteiger partial charge is 0.329 e. The Labute approximate surface area is 179 Å². The molecule has 0 aliphatic carbocycles. The Hall–Kier alpha value is -4.00. The van der Waals surface area contributed by atoms with Crippen molar-refractivity contribution in [2.45, 2.75) is 20.0 Å². The highest BCUT2D eigenvalue weighted by atomic mass is 19.1. The number of hydrogen-bond donors (Lipinski definition) is 2. The number of rotatable bonds is 7. The molecule has 0 unspecified atom stereocenters. The molecule has 0 saturated carbocycles. The number of benzene rings is 3. The van der Waals surface area contributed by atoms with E-state index in [0.29, 0.717) is 17.0 Å². The van der Waals surface area contributed by atoms with Crippen LogP contribution in [0.2, 0.25) is 0 Å².